The Labute approximate surface area is 118 Å². The Morgan fingerprint density at radius 3 is 2.50 bits per heavy atom. The van der Waals surface area contributed by atoms with Crippen molar-refractivity contribution in [1.29, 1.82) is 0 Å². The summed E-state index contributed by atoms with van der Waals surface area (Å²) < 4.78 is 22.9. The maximum absolute atomic E-state index is 12.3. The summed E-state index contributed by atoms with van der Waals surface area (Å²) >= 11 is 0. The summed E-state index contributed by atoms with van der Waals surface area (Å²) in [4.78, 5) is 17.9. The van der Waals surface area contributed by atoms with Gasteiger partial charge in [0.1, 0.15) is 5.82 Å². The molecular weight excluding hydrogens is 280 g/mol. The fourth-order valence-corrected chi connectivity index (χ4v) is 3.87. The summed E-state index contributed by atoms with van der Waals surface area (Å²) in [5, 5.41) is 6.70. The zero-order valence-corrected chi connectivity index (χ0v) is 13.0. The van der Waals surface area contributed by atoms with E-state index in [1.54, 1.807) is 7.05 Å². The Hall–Kier alpha value is -1.44. The van der Waals surface area contributed by atoms with Crippen molar-refractivity contribution in [1.82, 2.24) is 20.1 Å². The number of nitrogens with zero attached hydrogens (tertiary/aromatic N) is 3. The van der Waals surface area contributed by atoms with Gasteiger partial charge in [-0.05, 0) is 6.42 Å². The molecule has 1 aliphatic heterocycles. The zero-order chi connectivity index (χ0) is 15.1. The molecule has 8 heteroatoms. The average Bonchev–Trinajstić information content (AvgIpc) is 2.92. The van der Waals surface area contributed by atoms with Crippen molar-refractivity contribution in [3.63, 3.8) is 0 Å². The van der Waals surface area contributed by atoms with Gasteiger partial charge in [-0.1, -0.05) is 20.8 Å². The molecule has 1 unspecified atom stereocenters. The number of sulfone groups is 1. The number of carbonyl (C=O) groups is 1. The van der Waals surface area contributed by atoms with Gasteiger partial charge >= 0.3 is 0 Å². The second-order valence-electron chi connectivity index (χ2n) is 6.23. The highest BCUT2D eigenvalue weighted by molar-refractivity contribution is 7.91. The highest BCUT2D eigenvalue weighted by Gasteiger charge is 2.34. The van der Waals surface area contributed by atoms with E-state index in [9.17, 15) is 13.2 Å². The summed E-state index contributed by atoms with van der Waals surface area (Å²) in [7, 11) is -1.42. The van der Waals surface area contributed by atoms with E-state index in [0.29, 0.717) is 12.2 Å². The molecule has 1 amide bonds. The number of hydrogen-bond donors (Lipinski definition) is 1. The van der Waals surface area contributed by atoms with Crippen LogP contribution in [0.2, 0.25) is 0 Å². The van der Waals surface area contributed by atoms with E-state index in [2.05, 4.69) is 15.2 Å². The van der Waals surface area contributed by atoms with E-state index in [1.807, 2.05) is 20.8 Å². The standard InChI is InChI=1S/C12H20N4O3S/c1-12(2,3)11-13-9(14-15-11)10(17)16(4)8-5-6-20(18,19)7-8/h8H,5-7H2,1-4H3,(H,13,14,15). The zero-order valence-electron chi connectivity index (χ0n) is 12.2. The number of carbonyl (C=O) groups excluding carboxylic acids is 1. The molecule has 0 bridgehead atoms. The van der Waals surface area contributed by atoms with Crippen LogP contribution in [0.5, 0.6) is 0 Å². The molecule has 20 heavy (non-hydrogen) atoms. The topological polar surface area (TPSA) is 96.0 Å². The van der Waals surface area contributed by atoms with E-state index >= 15 is 0 Å². The Morgan fingerprint density at radius 1 is 1.40 bits per heavy atom. The van der Waals surface area contributed by atoms with Gasteiger partial charge in [0.2, 0.25) is 5.82 Å². The maximum atomic E-state index is 12.3. The minimum atomic E-state index is -3.02. The van der Waals surface area contributed by atoms with E-state index < -0.39 is 9.84 Å². The van der Waals surface area contributed by atoms with Crippen LogP contribution in [0.4, 0.5) is 0 Å². The molecule has 1 aromatic rings. The van der Waals surface area contributed by atoms with Crippen LogP contribution in [0, 0.1) is 0 Å². The molecule has 1 saturated heterocycles. The van der Waals surface area contributed by atoms with Gasteiger partial charge in [-0.3, -0.25) is 9.89 Å². The van der Waals surface area contributed by atoms with E-state index in [-0.39, 0.29) is 34.7 Å². The van der Waals surface area contributed by atoms with Crippen molar-refractivity contribution in [3.05, 3.63) is 11.6 Å². The molecule has 1 atom stereocenters. The predicted molar refractivity (Wildman–Crippen MR) is 74.2 cm³/mol. The molecule has 0 spiro atoms. The van der Waals surface area contributed by atoms with E-state index in [4.69, 9.17) is 0 Å². The Kier molecular flexibility index (Phi) is 3.62. The number of aromatic amines is 1. The second kappa shape index (κ2) is 4.83. The van der Waals surface area contributed by atoms with Crippen LogP contribution in [0.25, 0.3) is 0 Å². The molecular formula is C12H20N4O3S. The summed E-state index contributed by atoms with van der Waals surface area (Å²) in [5.74, 6) is 0.524. The second-order valence-corrected chi connectivity index (χ2v) is 8.46. The smallest absolute Gasteiger partial charge is 0.293 e. The summed E-state index contributed by atoms with van der Waals surface area (Å²) in [6.07, 6.45) is 0.473. The third kappa shape index (κ3) is 3.00. The lowest BCUT2D eigenvalue weighted by Crippen LogP contribution is -2.38. The van der Waals surface area contributed by atoms with Crippen LogP contribution in [0.3, 0.4) is 0 Å². The van der Waals surface area contributed by atoms with Crippen molar-refractivity contribution < 1.29 is 13.2 Å². The normalized spacial score (nSPS) is 21.9. The van der Waals surface area contributed by atoms with Gasteiger partial charge in [0.15, 0.2) is 9.84 Å². The first-order valence-corrected chi connectivity index (χ1v) is 8.33. The molecule has 0 aliphatic carbocycles. The molecule has 7 nitrogen and oxygen atoms in total. The fourth-order valence-electron chi connectivity index (χ4n) is 2.10. The predicted octanol–water partition coefficient (Wildman–Crippen LogP) is 0.361. The van der Waals surface area contributed by atoms with Crippen molar-refractivity contribution >= 4 is 15.7 Å². The highest BCUT2D eigenvalue weighted by atomic mass is 32.2. The highest BCUT2D eigenvalue weighted by Crippen LogP contribution is 2.20. The minimum Gasteiger partial charge on any atom is -0.335 e. The van der Waals surface area contributed by atoms with Crippen molar-refractivity contribution in [3.8, 4) is 0 Å². The van der Waals surface area contributed by atoms with Crippen LogP contribution in [0.1, 0.15) is 43.6 Å². The average molecular weight is 300 g/mol. The Balaban J connectivity index is 2.14. The van der Waals surface area contributed by atoms with Crippen molar-refractivity contribution in [2.24, 2.45) is 0 Å². The van der Waals surface area contributed by atoms with Gasteiger partial charge in [-0.25, -0.2) is 13.4 Å². The molecule has 2 rings (SSSR count). The molecule has 1 fully saturated rings. The molecule has 1 aromatic heterocycles. The number of rotatable bonds is 2. The molecule has 0 saturated carbocycles. The number of hydrogen-bond acceptors (Lipinski definition) is 5. The van der Waals surface area contributed by atoms with Crippen molar-refractivity contribution in [2.75, 3.05) is 18.6 Å². The number of amides is 1. The molecule has 0 radical (unpaired) electrons. The molecule has 1 N–H and O–H groups in total. The first-order chi connectivity index (χ1) is 9.10. The fraction of sp³-hybridized carbons (Fsp3) is 0.750. The lowest BCUT2D eigenvalue weighted by atomic mass is 9.96. The third-order valence-corrected chi connectivity index (χ3v) is 5.21. The van der Waals surface area contributed by atoms with Crippen LogP contribution in [0.15, 0.2) is 0 Å². The van der Waals surface area contributed by atoms with E-state index in [1.165, 1.54) is 4.90 Å². The summed E-state index contributed by atoms with van der Waals surface area (Å²) in [6, 6.07) is -0.288. The largest absolute Gasteiger partial charge is 0.335 e. The third-order valence-electron chi connectivity index (χ3n) is 3.46. The maximum Gasteiger partial charge on any atom is 0.293 e. The van der Waals surface area contributed by atoms with Crippen LogP contribution >= 0.6 is 0 Å². The minimum absolute atomic E-state index is 0.0196. The molecule has 2 heterocycles. The van der Waals surface area contributed by atoms with Gasteiger partial charge in [-0.2, -0.15) is 0 Å². The van der Waals surface area contributed by atoms with Gasteiger partial charge in [0.25, 0.3) is 5.91 Å². The van der Waals surface area contributed by atoms with Crippen molar-refractivity contribution in [2.45, 2.75) is 38.6 Å². The Morgan fingerprint density at radius 2 is 2.05 bits per heavy atom. The molecule has 112 valence electrons. The molecule has 1 aliphatic rings. The quantitative estimate of drug-likeness (QED) is 0.851. The SMILES string of the molecule is CN(C(=O)c1n[nH]c(C(C)(C)C)n1)C1CCS(=O)(=O)C1. The van der Waals surface area contributed by atoms with Gasteiger partial charge in [-0.15, -0.1) is 5.10 Å². The molecule has 0 aromatic carbocycles. The van der Waals surface area contributed by atoms with E-state index in [0.717, 1.165) is 0 Å². The summed E-state index contributed by atoms with van der Waals surface area (Å²) in [5.41, 5.74) is -0.221. The van der Waals surface area contributed by atoms with Gasteiger partial charge in [0, 0.05) is 18.5 Å². The van der Waals surface area contributed by atoms with Crippen LogP contribution in [-0.4, -0.2) is 59.0 Å². The first-order valence-electron chi connectivity index (χ1n) is 6.50. The van der Waals surface area contributed by atoms with Crippen LogP contribution < -0.4 is 0 Å². The Bertz CT molecular complexity index is 615. The number of H-pyrrole nitrogens is 1. The lowest BCUT2D eigenvalue weighted by Gasteiger charge is -2.21. The van der Waals surface area contributed by atoms with Gasteiger partial charge < -0.3 is 4.90 Å². The summed E-state index contributed by atoms with van der Waals surface area (Å²) in [6.45, 7) is 5.90. The monoisotopic (exact) mass is 300 g/mol. The first kappa shape index (κ1) is 15.0. The number of aromatic nitrogens is 3. The van der Waals surface area contributed by atoms with Crippen LogP contribution in [-0.2, 0) is 15.3 Å². The number of nitrogens with one attached hydrogen (secondary N) is 1. The van der Waals surface area contributed by atoms with Gasteiger partial charge in [0.05, 0.1) is 11.5 Å². The lowest BCUT2D eigenvalue weighted by molar-refractivity contribution is 0.0735.